The van der Waals surface area contributed by atoms with Gasteiger partial charge in [0.1, 0.15) is 0 Å². The van der Waals surface area contributed by atoms with E-state index in [-0.39, 0.29) is 0 Å². The zero-order valence-electron chi connectivity index (χ0n) is 13.8. The van der Waals surface area contributed by atoms with Crippen molar-refractivity contribution in [3.8, 4) is 11.3 Å². The summed E-state index contributed by atoms with van der Waals surface area (Å²) >= 11 is 0. The van der Waals surface area contributed by atoms with Crippen LogP contribution in [0.4, 0.5) is 5.69 Å². The number of likely N-dealkylation sites (tertiary alicyclic amines) is 1. The van der Waals surface area contributed by atoms with Gasteiger partial charge in [0.2, 0.25) is 0 Å². The third kappa shape index (κ3) is 3.77. The Morgan fingerprint density at radius 3 is 2.78 bits per heavy atom. The van der Waals surface area contributed by atoms with Gasteiger partial charge in [-0.05, 0) is 55.8 Å². The van der Waals surface area contributed by atoms with Crippen LogP contribution in [-0.2, 0) is 6.54 Å². The van der Waals surface area contributed by atoms with Gasteiger partial charge >= 0.3 is 0 Å². The molecule has 2 aromatic rings. The Hall–Kier alpha value is -2.20. The van der Waals surface area contributed by atoms with E-state index < -0.39 is 0 Å². The molecule has 0 aromatic carbocycles. The molecule has 1 N–H and O–H groups in total. The van der Waals surface area contributed by atoms with Gasteiger partial charge in [-0.25, -0.2) is 4.98 Å². The van der Waals surface area contributed by atoms with Crippen LogP contribution in [0.2, 0.25) is 0 Å². The average Bonchev–Trinajstić information content (AvgIpc) is 2.62. The van der Waals surface area contributed by atoms with Crippen LogP contribution in [0.3, 0.4) is 0 Å². The van der Waals surface area contributed by atoms with Gasteiger partial charge in [-0.3, -0.25) is 9.88 Å². The van der Waals surface area contributed by atoms with Gasteiger partial charge in [0, 0.05) is 31.5 Å². The summed E-state index contributed by atoms with van der Waals surface area (Å²) in [6, 6.07) is 6.27. The number of rotatable bonds is 5. The molecular weight excluding hydrogens is 284 g/mol. The Bertz CT molecular complexity index is 675. The molecule has 1 saturated heterocycles. The Morgan fingerprint density at radius 2 is 2.04 bits per heavy atom. The Kier molecular flexibility index (Phi) is 5.03. The van der Waals surface area contributed by atoms with E-state index in [1.54, 1.807) is 6.08 Å². The first-order valence-corrected chi connectivity index (χ1v) is 8.28. The molecule has 0 atom stereocenters. The zero-order valence-corrected chi connectivity index (χ0v) is 13.8. The predicted octanol–water partition coefficient (Wildman–Crippen LogP) is 3.81. The fraction of sp³-hybridized carbons (Fsp3) is 0.368. The third-order valence-corrected chi connectivity index (χ3v) is 4.33. The van der Waals surface area contributed by atoms with Gasteiger partial charge < -0.3 is 5.32 Å². The van der Waals surface area contributed by atoms with Crippen molar-refractivity contribution in [1.82, 2.24) is 14.9 Å². The molecule has 23 heavy (non-hydrogen) atoms. The van der Waals surface area contributed by atoms with Gasteiger partial charge in [-0.15, -0.1) is 0 Å². The van der Waals surface area contributed by atoms with Gasteiger partial charge in [0.25, 0.3) is 0 Å². The maximum Gasteiger partial charge on any atom is 0.0862 e. The summed E-state index contributed by atoms with van der Waals surface area (Å²) in [7, 11) is 1.89. The smallest absolute Gasteiger partial charge is 0.0862 e. The number of nitrogens with zero attached hydrogens (tertiary/aromatic N) is 3. The van der Waals surface area contributed by atoms with Crippen molar-refractivity contribution < 1.29 is 0 Å². The van der Waals surface area contributed by atoms with Crippen molar-refractivity contribution in [3.05, 3.63) is 48.4 Å². The van der Waals surface area contributed by atoms with Crippen LogP contribution in [0.15, 0.2) is 37.2 Å². The molecule has 0 saturated carbocycles. The van der Waals surface area contributed by atoms with Crippen LogP contribution < -0.4 is 5.32 Å². The second kappa shape index (κ2) is 7.38. The highest BCUT2D eigenvalue weighted by molar-refractivity contribution is 5.68. The van der Waals surface area contributed by atoms with Crippen molar-refractivity contribution in [3.63, 3.8) is 0 Å². The molecule has 3 heterocycles. The van der Waals surface area contributed by atoms with Crippen LogP contribution in [-0.4, -0.2) is 35.0 Å². The molecule has 1 aliphatic rings. The molecule has 0 radical (unpaired) electrons. The average molecular weight is 308 g/mol. The van der Waals surface area contributed by atoms with Crippen LogP contribution in [0.5, 0.6) is 0 Å². The quantitative estimate of drug-likeness (QED) is 0.912. The highest BCUT2D eigenvalue weighted by Gasteiger charge is 2.11. The van der Waals surface area contributed by atoms with E-state index >= 15 is 0 Å². The van der Waals surface area contributed by atoms with Crippen molar-refractivity contribution in [1.29, 1.82) is 0 Å². The van der Waals surface area contributed by atoms with E-state index in [1.807, 2.05) is 31.6 Å². The van der Waals surface area contributed by atoms with Crippen LogP contribution in [0, 0.1) is 0 Å². The number of anilines is 1. The number of aromatic nitrogens is 2. The second-order valence-corrected chi connectivity index (χ2v) is 6.00. The number of hydrogen-bond acceptors (Lipinski definition) is 4. The summed E-state index contributed by atoms with van der Waals surface area (Å²) in [4.78, 5) is 11.6. The summed E-state index contributed by atoms with van der Waals surface area (Å²) in [6.45, 7) is 7.21. The minimum atomic E-state index is 0.867. The Labute approximate surface area is 138 Å². The van der Waals surface area contributed by atoms with E-state index in [4.69, 9.17) is 0 Å². The minimum Gasteiger partial charge on any atom is -0.386 e. The minimum absolute atomic E-state index is 0.867. The van der Waals surface area contributed by atoms with Crippen molar-refractivity contribution in [2.75, 3.05) is 25.5 Å². The van der Waals surface area contributed by atoms with Crippen LogP contribution in [0.1, 0.15) is 30.5 Å². The van der Waals surface area contributed by atoms with Crippen molar-refractivity contribution in [2.24, 2.45) is 0 Å². The second-order valence-electron chi connectivity index (χ2n) is 6.00. The topological polar surface area (TPSA) is 41.1 Å². The molecule has 0 unspecified atom stereocenters. The maximum absolute atomic E-state index is 4.69. The molecular formula is C19H24N4. The standard InChI is InChI=1S/C19H24N4/c1-3-17-19(20-2)8-7-18(22-17)16-11-15(12-21-13-16)14-23-9-5-4-6-10-23/h3,7-8,11-13,20H,1,4-6,9-10,14H2,2H3. The largest absolute Gasteiger partial charge is 0.386 e. The number of piperidine rings is 1. The highest BCUT2D eigenvalue weighted by atomic mass is 15.1. The lowest BCUT2D eigenvalue weighted by Crippen LogP contribution is -2.29. The Morgan fingerprint density at radius 1 is 1.22 bits per heavy atom. The first kappa shape index (κ1) is 15.7. The molecule has 4 nitrogen and oxygen atoms in total. The zero-order chi connectivity index (χ0) is 16.1. The normalized spacial score (nSPS) is 15.3. The molecule has 0 spiro atoms. The molecule has 0 amide bonds. The monoisotopic (exact) mass is 308 g/mol. The lowest BCUT2D eigenvalue weighted by Gasteiger charge is -2.26. The third-order valence-electron chi connectivity index (χ3n) is 4.33. The summed E-state index contributed by atoms with van der Waals surface area (Å²) < 4.78 is 0. The van der Waals surface area contributed by atoms with E-state index in [0.717, 1.165) is 29.2 Å². The molecule has 3 rings (SSSR count). The summed E-state index contributed by atoms with van der Waals surface area (Å²) in [6.07, 6.45) is 9.61. The number of hydrogen-bond donors (Lipinski definition) is 1. The first-order chi connectivity index (χ1) is 11.3. The Balaban J connectivity index is 1.82. The molecule has 0 bridgehead atoms. The maximum atomic E-state index is 4.69. The fourth-order valence-corrected chi connectivity index (χ4v) is 3.09. The van der Waals surface area contributed by atoms with E-state index in [9.17, 15) is 0 Å². The highest BCUT2D eigenvalue weighted by Crippen LogP contribution is 2.23. The SMILES string of the molecule is C=Cc1nc(-c2cncc(CN3CCCCC3)c2)ccc1NC. The molecule has 0 aliphatic carbocycles. The van der Waals surface area contributed by atoms with Gasteiger partial charge in [0.15, 0.2) is 0 Å². The summed E-state index contributed by atoms with van der Waals surface area (Å²) in [5, 5.41) is 3.13. The van der Waals surface area contributed by atoms with Crippen LogP contribution >= 0.6 is 0 Å². The van der Waals surface area contributed by atoms with Gasteiger partial charge in [-0.1, -0.05) is 13.0 Å². The van der Waals surface area contributed by atoms with Crippen molar-refractivity contribution >= 4 is 11.8 Å². The molecule has 120 valence electrons. The van der Waals surface area contributed by atoms with Gasteiger partial charge in [-0.2, -0.15) is 0 Å². The lowest BCUT2D eigenvalue weighted by molar-refractivity contribution is 0.220. The molecule has 1 fully saturated rings. The first-order valence-electron chi connectivity index (χ1n) is 8.28. The summed E-state index contributed by atoms with van der Waals surface area (Å²) in [5.41, 5.74) is 5.11. The van der Waals surface area contributed by atoms with E-state index in [2.05, 4.69) is 32.8 Å². The van der Waals surface area contributed by atoms with Crippen molar-refractivity contribution in [2.45, 2.75) is 25.8 Å². The van der Waals surface area contributed by atoms with E-state index in [1.165, 1.54) is 37.9 Å². The predicted molar refractivity (Wildman–Crippen MR) is 96.2 cm³/mol. The number of nitrogens with one attached hydrogen (secondary N) is 1. The fourth-order valence-electron chi connectivity index (χ4n) is 3.09. The lowest BCUT2D eigenvalue weighted by atomic mass is 10.1. The summed E-state index contributed by atoms with van der Waals surface area (Å²) in [5.74, 6) is 0. The number of pyridine rings is 2. The molecule has 1 aliphatic heterocycles. The molecule has 4 heteroatoms. The van der Waals surface area contributed by atoms with E-state index in [0.29, 0.717) is 0 Å². The van der Waals surface area contributed by atoms with Crippen LogP contribution in [0.25, 0.3) is 17.3 Å². The van der Waals surface area contributed by atoms with Gasteiger partial charge in [0.05, 0.1) is 17.1 Å². The molecule has 2 aromatic heterocycles.